The molecule has 1 heterocycles. The molecule has 0 aromatic heterocycles. The van der Waals surface area contributed by atoms with Gasteiger partial charge in [0.05, 0.1) is 11.3 Å². The van der Waals surface area contributed by atoms with E-state index >= 15 is 0 Å². The number of nitrogens with zero attached hydrogens (tertiary/aromatic N) is 2. The molecule has 3 nitrogen and oxygen atoms in total. The minimum atomic E-state index is -4.39. The number of rotatable bonds is 3. The predicted molar refractivity (Wildman–Crippen MR) is 71.6 cm³/mol. The van der Waals surface area contributed by atoms with Crippen LogP contribution < -0.4 is 5.73 Å². The third kappa shape index (κ3) is 3.64. The smallest absolute Gasteiger partial charge is 0.301 e. The van der Waals surface area contributed by atoms with Crippen molar-refractivity contribution >= 4 is 5.69 Å². The molecule has 2 rings (SSSR count). The van der Waals surface area contributed by atoms with E-state index < -0.39 is 11.7 Å². The summed E-state index contributed by atoms with van der Waals surface area (Å²) in [5.41, 5.74) is 6.85. The Morgan fingerprint density at radius 3 is 2.25 bits per heavy atom. The van der Waals surface area contributed by atoms with Gasteiger partial charge in [0.25, 0.3) is 0 Å². The first-order valence-electron chi connectivity index (χ1n) is 6.76. The van der Waals surface area contributed by atoms with Crippen molar-refractivity contribution in [2.75, 3.05) is 32.7 Å². The summed E-state index contributed by atoms with van der Waals surface area (Å²) >= 11 is 0. The molecule has 1 aliphatic rings. The van der Waals surface area contributed by atoms with Crippen LogP contribution >= 0.6 is 0 Å². The highest BCUT2D eigenvalue weighted by Gasteiger charge is 2.34. The number of likely N-dealkylation sites (N-methyl/N-ethyl adjacent to an activating group) is 1. The summed E-state index contributed by atoms with van der Waals surface area (Å²) in [6.45, 7) is 6.73. The molecular formula is C14H19F3N3. The maximum Gasteiger partial charge on any atom is 0.416 e. The van der Waals surface area contributed by atoms with Crippen LogP contribution in [0.2, 0.25) is 0 Å². The van der Waals surface area contributed by atoms with Crippen molar-refractivity contribution in [1.82, 2.24) is 15.5 Å². The van der Waals surface area contributed by atoms with E-state index in [-0.39, 0.29) is 11.3 Å². The Hall–Kier alpha value is -1.27. The van der Waals surface area contributed by atoms with Gasteiger partial charge in [0.2, 0.25) is 0 Å². The lowest BCUT2D eigenvalue weighted by Crippen LogP contribution is -2.45. The van der Waals surface area contributed by atoms with Gasteiger partial charge in [-0.05, 0) is 24.2 Å². The zero-order chi connectivity index (χ0) is 14.8. The van der Waals surface area contributed by atoms with Gasteiger partial charge in [0, 0.05) is 32.7 Å². The van der Waals surface area contributed by atoms with E-state index in [0.29, 0.717) is 6.54 Å². The van der Waals surface area contributed by atoms with Crippen LogP contribution in [0, 0.1) is 0 Å². The van der Waals surface area contributed by atoms with Gasteiger partial charge in [0.1, 0.15) is 0 Å². The predicted octanol–water partition coefficient (Wildman–Crippen LogP) is 2.76. The average Bonchev–Trinajstić information content (AvgIpc) is 2.40. The van der Waals surface area contributed by atoms with E-state index in [9.17, 15) is 13.2 Å². The molecule has 1 radical (unpaired) electrons. The summed E-state index contributed by atoms with van der Waals surface area (Å²) in [4.78, 5) is 4.33. The average molecular weight is 286 g/mol. The molecule has 111 valence electrons. The van der Waals surface area contributed by atoms with Crippen LogP contribution in [0.4, 0.5) is 18.9 Å². The summed E-state index contributed by atoms with van der Waals surface area (Å²) in [5.74, 6) is 0. The molecule has 0 unspecified atom stereocenters. The molecule has 6 heteroatoms. The van der Waals surface area contributed by atoms with Gasteiger partial charge in [-0.3, -0.25) is 4.90 Å². The first-order chi connectivity index (χ1) is 9.40. The molecule has 1 aliphatic heterocycles. The van der Waals surface area contributed by atoms with Gasteiger partial charge in [-0.25, -0.2) is 0 Å². The van der Waals surface area contributed by atoms with E-state index in [0.717, 1.165) is 38.8 Å². The van der Waals surface area contributed by atoms with E-state index in [4.69, 9.17) is 5.73 Å². The Bertz CT molecular complexity index is 451. The van der Waals surface area contributed by atoms with Crippen LogP contribution in [0.25, 0.3) is 0 Å². The van der Waals surface area contributed by atoms with Crippen LogP contribution in [0.5, 0.6) is 0 Å². The summed E-state index contributed by atoms with van der Waals surface area (Å²) in [5, 5.41) is 0. The fraction of sp³-hybridized carbons (Fsp3) is 0.571. The lowest BCUT2D eigenvalue weighted by atomic mass is 10.1. The fourth-order valence-electron chi connectivity index (χ4n) is 2.48. The summed E-state index contributed by atoms with van der Waals surface area (Å²) in [7, 11) is 0. The number of alkyl halides is 3. The highest BCUT2D eigenvalue weighted by Crippen LogP contribution is 2.34. The van der Waals surface area contributed by atoms with Crippen molar-refractivity contribution in [3.8, 4) is 0 Å². The molecular weight excluding hydrogens is 267 g/mol. The molecule has 0 spiro atoms. The zero-order valence-corrected chi connectivity index (χ0v) is 11.5. The molecule has 0 saturated carbocycles. The second kappa shape index (κ2) is 6.01. The molecule has 1 fully saturated rings. The minimum absolute atomic E-state index is 0.100. The molecule has 0 aliphatic carbocycles. The topological polar surface area (TPSA) is 30.3 Å². The van der Waals surface area contributed by atoms with Crippen molar-refractivity contribution in [2.45, 2.75) is 19.6 Å². The van der Waals surface area contributed by atoms with Crippen molar-refractivity contribution in [3.05, 3.63) is 29.3 Å². The van der Waals surface area contributed by atoms with E-state index in [1.54, 1.807) is 0 Å². The second-order valence-corrected chi connectivity index (χ2v) is 5.08. The standard InChI is InChI=1S/C14H19F3N3/c1-2-19-5-7-20(8-6-19)10-11-3-4-12(18)9-13(11)14(15,16)17/h3-4,9,18H,2,5-8,10H2,1H3. The van der Waals surface area contributed by atoms with Gasteiger partial charge < -0.3 is 10.6 Å². The molecule has 1 aromatic carbocycles. The number of halogens is 3. The number of hydrogen-bond acceptors (Lipinski definition) is 2. The number of nitrogens with one attached hydrogen (secondary N) is 1. The van der Waals surface area contributed by atoms with E-state index in [1.807, 2.05) is 4.90 Å². The van der Waals surface area contributed by atoms with Crippen LogP contribution in [0.3, 0.4) is 0 Å². The van der Waals surface area contributed by atoms with Crippen molar-refractivity contribution in [2.24, 2.45) is 0 Å². The lowest BCUT2D eigenvalue weighted by Gasteiger charge is -2.34. The SMILES string of the molecule is CCN1CCN(Cc2ccc([NH])cc2C(F)(F)F)CC1. The van der Waals surface area contributed by atoms with Crippen LogP contribution in [0.1, 0.15) is 18.1 Å². The second-order valence-electron chi connectivity index (χ2n) is 5.08. The third-order valence-corrected chi connectivity index (χ3v) is 3.72. The van der Waals surface area contributed by atoms with Gasteiger partial charge in [-0.2, -0.15) is 13.2 Å². The first kappa shape index (κ1) is 15.1. The van der Waals surface area contributed by atoms with Crippen LogP contribution in [-0.4, -0.2) is 42.5 Å². The highest BCUT2D eigenvalue weighted by molar-refractivity contribution is 5.43. The fourth-order valence-corrected chi connectivity index (χ4v) is 2.48. The Kier molecular flexibility index (Phi) is 4.55. The molecule has 0 atom stereocenters. The first-order valence-corrected chi connectivity index (χ1v) is 6.76. The molecule has 1 aromatic rings. The quantitative estimate of drug-likeness (QED) is 0.855. The number of benzene rings is 1. The Morgan fingerprint density at radius 1 is 1.10 bits per heavy atom. The molecule has 0 amide bonds. The number of piperazine rings is 1. The van der Waals surface area contributed by atoms with Gasteiger partial charge in [-0.15, -0.1) is 0 Å². The highest BCUT2D eigenvalue weighted by atomic mass is 19.4. The van der Waals surface area contributed by atoms with E-state index in [2.05, 4.69) is 11.8 Å². The van der Waals surface area contributed by atoms with Gasteiger partial charge in [-0.1, -0.05) is 13.0 Å². The van der Waals surface area contributed by atoms with Gasteiger partial charge in [0.15, 0.2) is 0 Å². The maximum absolute atomic E-state index is 13.0. The largest absolute Gasteiger partial charge is 0.416 e. The van der Waals surface area contributed by atoms with Crippen molar-refractivity contribution in [3.63, 3.8) is 0 Å². The molecule has 0 bridgehead atoms. The Morgan fingerprint density at radius 2 is 1.70 bits per heavy atom. The van der Waals surface area contributed by atoms with Crippen molar-refractivity contribution in [1.29, 1.82) is 0 Å². The third-order valence-electron chi connectivity index (χ3n) is 3.72. The Balaban J connectivity index is 2.10. The summed E-state index contributed by atoms with van der Waals surface area (Å²) < 4.78 is 39.0. The normalized spacial score (nSPS) is 18.4. The monoisotopic (exact) mass is 286 g/mol. The molecule has 1 saturated heterocycles. The molecule has 1 N–H and O–H groups in total. The Labute approximate surface area is 117 Å². The lowest BCUT2D eigenvalue weighted by molar-refractivity contribution is -0.138. The van der Waals surface area contributed by atoms with Crippen LogP contribution in [0.15, 0.2) is 18.2 Å². The summed E-state index contributed by atoms with van der Waals surface area (Å²) in [6.07, 6.45) is -4.39. The van der Waals surface area contributed by atoms with Crippen molar-refractivity contribution < 1.29 is 13.2 Å². The maximum atomic E-state index is 13.0. The zero-order valence-electron chi connectivity index (χ0n) is 11.5. The van der Waals surface area contributed by atoms with Gasteiger partial charge >= 0.3 is 6.18 Å². The summed E-state index contributed by atoms with van der Waals surface area (Å²) in [6, 6.07) is 3.77. The number of hydrogen-bond donors (Lipinski definition) is 0. The van der Waals surface area contributed by atoms with E-state index in [1.165, 1.54) is 12.1 Å². The molecule has 20 heavy (non-hydrogen) atoms. The van der Waals surface area contributed by atoms with Crippen LogP contribution in [-0.2, 0) is 12.7 Å². The minimum Gasteiger partial charge on any atom is -0.301 e.